The second-order valence-electron chi connectivity index (χ2n) is 15.1. The van der Waals surface area contributed by atoms with Gasteiger partial charge in [-0.1, -0.05) is 174 Å². The van der Waals surface area contributed by atoms with Crippen molar-refractivity contribution in [1.82, 2.24) is 0 Å². The van der Waals surface area contributed by atoms with Gasteiger partial charge < -0.3 is 24.6 Å². The van der Waals surface area contributed by atoms with Gasteiger partial charge in [-0.05, 0) is 38.5 Å². The molecule has 320 valence electrons. The van der Waals surface area contributed by atoms with Gasteiger partial charge in [0, 0.05) is 12.8 Å². The second-order valence-corrected chi connectivity index (χ2v) is 16.5. The average molecular weight is 791 g/mol. The highest BCUT2D eigenvalue weighted by atomic mass is 31.2. The van der Waals surface area contributed by atoms with Gasteiger partial charge in [-0.25, -0.2) is 4.57 Å². The first-order valence-corrected chi connectivity index (χ1v) is 23.6. The minimum Gasteiger partial charge on any atom is -0.462 e. The number of carbonyl (C=O) groups is 2. The number of aliphatic hydroxyl groups is 2. The largest absolute Gasteiger partial charge is 0.472 e. The maximum absolute atomic E-state index is 12.6. The van der Waals surface area contributed by atoms with Crippen molar-refractivity contribution in [3.05, 3.63) is 12.2 Å². The number of aliphatic hydroxyl groups excluding tert-OH is 2. The lowest BCUT2D eigenvalue weighted by Gasteiger charge is -2.20. The molecule has 3 N–H and O–H groups in total. The number of phosphoric acid groups is 1. The van der Waals surface area contributed by atoms with Crippen LogP contribution in [0.5, 0.6) is 0 Å². The molecule has 3 atom stereocenters. The van der Waals surface area contributed by atoms with E-state index in [0.717, 1.165) is 57.8 Å². The molecule has 0 aliphatic rings. The van der Waals surface area contributed by atoms with E-state index in [1.165, 1.54) is 116 Å². The molecule has 0 aliphatic heterocycles. The van der Waals surface area contributed by atoms with Gasteiger partial charge >= 0.3 is 19.8 Å². The third kappa shape index (κ3) is 39.0. The molecule has 0 aromatic carbocycles. The van der Waals surface area contributed by atoms with E-state index in [2.05, 4.69) is 26.0 Å². The molecule has 0 saturated carbocycles. The topological polar surface area (TPSA) is 149 Å². The van der Waals surface area contributed by atoms with Gasteiger partial charge in [-0.15, -0.1) is 0 Å². The average Bonchev–Trinajstić information content (AvgIpc) is 3.16. The Labute approximate surface area is 330 Å². The van der Waals surface area contributed by atoms with E-state index in [1.807, 2.05) is 0 Å². The highest BCUT2D eigenvalue weighted by Gasteiger charge is 2.27. The van der Waals surface area contributed by atoms with E-state index in [4.69, 9.17) is 23.6 Å². The van der Waals surface area contributed by atoms with E-state index < -0.39 is 51.8 Å². The number of phosphoric ester groups is 1. The highest BCUT2D eigenvalue weighted by Crippen LogP contribution is 2.43. The second kappa shape index (κ2) is 39.9. The predicted octanol–water partition coefficient (Wildman–Crippen LogP) is 11.6. The standard InChI is InChI=1S/C43H83O10P/c1-3-5-7-9-11-13-15-17-19-21-22-24-26-28-30-32-34-42(46)50-38-41(39-52-54(48,49)51-37-40(45)36-44)53-43(47)35-33-31-29-27-25-23-20-18-16-14-12-10-8-6-4-2/h18,20,40-41,44-45H,3-17,19,21-39H2,1-2H3,(H,48,49)/b20-18-/t40-,41+/m0/s1. The van der Waals surface area contributed by atoms with Crippen LogP contribution in [0.3, 0.4) is 0 Å². The predicted molar refractivity (Wildman–Crippen MR) is 219 cm³/mol. The third-order valence-corrected chi connectivity index (χ3v) is 10.6. The van der Waals surface area contributed by atoms with Crippen LogP contribution in [0.4, 0.5) is 0 Å². The molecule has 0 heterocycles. The summed E-state index contributed by atoms with van der Waals surface area (Å²) in [5.41, 5.74) is 0. The first kappa shape index (κ1) is 52.7. The number of esters is 2. The Balaban J connectivity index is 4.26. The summed E-state index contributed by atoms with van der Waals surface area (Å²) in [4.78, 5) is 35.0. The van der Waals surface area contributed by atoms with Crippen LogP contribution in [0.2, 0.25) is 0 Å². The van der Waals surface area contributed by atoms with Crippen molar-refractivity contribution in [3.8, 4) is 0 Å². The first-order chi connectivity index (χ1) is 26.2. The van der Waals surface area contributed by atoms with Crippen LogP contribution in [0.15, 0.2) is 12.2 Å². The minimum absolute atomic E-state index is 0.178. The van der Waals surface area contributed by atoms with Crippen LogP contribution < -0.4 is 0 Å². The lowest BCUT2D eigenvalue weighted by atomic mass is 10.0. The van der Waals surface area contributed by atoms with Crippen molar-refractivity contribution >= 4 is 19.8 Å². The molecule has 0 rings (SSSR count). The molecule has 0 radical (unpaired) electrons. The monoisotopic (exact) mass is 791 g/mol. The van der Waals surface area contributed by atoms with E-state index in [1.54, 1.807) is 0 Å². The van der Waals surface area contributed by atoms with Gasteiger partial charge in [-0.2, -0.15) is 0 Å². The van der Waals surface area contributed by atoms with Crippen molar-refractivity contribution in [2.45, 2.75) is 225 Å². The number of ether oxygens (including phenoxy) is 2. The van der Waals surface area contributed by atoms with Crippen molar-refractivity contribution in [1.29, 1.82) is 0 Å². The Hall–Kier alpha value is -1.29. The highest BCUT2D eigenvalue weighted by molar-refractivity contribution is 7.47. The third-order valence-electron chi connectivity index (χ3n) is 9.67. The van der Waals surface area contributed by atoms with Crippen LogP contribution in [-0.4, -0.2) is 65.7 Å². The summed E-state index contributed by atoms with van der Waals surface area (Å²) in [7, 11) is -4.61. The quantitative estimate of drug-likeness (QED) is 0.0236. The van der Waals surface area contributed by atoms with Gasteiger partial charge in [0.25, 0.3) is 0 Å². The summed E-state index contributed by atoms with van der Waals surface area (Å²) in [6.45, 7) is 2.39. The number of hydrogen-bond acceptors (Lipinski definition) is 9. The van der Waals surface area contributed by atoms with Crippen LogP contribution in [0.25, 0.3) is 0 Å². The molecule has 10 nitrogen and oxygen atoms in total. The van der Waals surface area contributed by atoms with Crippen LogP contribution in [0, 0.1) is 0 Å². The Morgan fingerprint density at radius 1 is 0.537 bits per heavy atom. The zero-order valence-electron chi connectivity index (χ0n) is 34.7. The Morgan fingerprint density at radius 3 is 1.33 bits per heavy atom. The smallest absolute Gasteiger partial charge is 0.462 e. The molecule has 0 saturated heterocycles. The molecule has 0 spiro atoms. The Bertz CT molecular complexity index is 915. The zero-order chi connectivity index (χ0) is 39.8. The van der Waals surface area contributed by atoms with Gasteiger partial charge in [-0.3, -0.25) is 18.6 Å². The molecular formula is C43H83O10P. The fourth-order valence-corrected chi connectivity index (χ4v) is 7.01. The van der Waals surface area contributed by atoms with E-state index in [9.17, 15) is 24.2 Å². The van der Waals surface area contributed by atoms with Crippen molar-refractivity contribution in [2.24, 2.45) is 0 Å². The Kier molecular flexibility index (Phi) is 39.0. The number of rotatable bonds is 42. The maximum atomic E-state index is 12.6. The zero-order valence-corrected chi connectivity index (χ0v) is 35.6. The Morgan fingerprint density at radius 2 is 0.907 bits per heavy atom. The van der Waals surface area contributed by atoms with Crippen molar-refractivity contribution in [3.63, 3.8) is 0 Å². The van der Waals surface area contributed by atoms with Gasteiger partial charge in [0.2, 0.25) is 0 Å². The van der Waals surface area contributed by atoms with E-state index >= 15 is 0 Å². The number of allylic oxidation sites excluding steroid dienone is 2. The molecule has 0 bridgehead atoms. The summed E-state index contributed by atoms with van der Waals surface area (Å²) in [5.74, 6) is -0.923. The van der Waals surface area contributed by atoms with Crippen molar-refractivity contribution in [2.75, 3.05) is 26.4 Å². The van der Waals surface area contributed by atoms with Crippen LogP contribution in [-0.2, 0) is 32.7 Å². The van der Waals surface area contributed by atoms with Crippen LogP contribution >= 0.6 is 7.82 Å². The molecule has 0 aromatic heterocycles. The molecule has 11 heteroatoms. The van der Waals surface area contributed by atoms with E-state index in [-0.39, 0.29) is 19.4 Å². The van der Waals surface area contributed by atoms with E-state index in [0.29, 0.717) is 12.8 Å². The molecule has 0 amide bonds. The van der Waals surface area contributed by atoms with Crippen LogP contribution in [0.1, 0.15) is 213 Å². The fourth-order valence-electron chi connectivity index (χ4n) is 6.22. The molecule has 1 unspecified atom stereocenters. The van der Waals surface area contributed by atoms with Gasteiger partial charge in [0.15, 0.2) is 6.10 Å². The molecular weight excluding hydrogens is 707 g/mol. The summed E-state index contributed by atoms with van der Waals surface area (Å²) in [6.07, 6.45) is 37.4. The van der Waals surface area contributed by atoms with Gasteiger partial charge in [0.05, 0.1) is 19.8 Å². The van der Waals surface area contributed by atoms with Crippen molar-refractivity contribution < 1.29 is 47.8 Å². The summed E-state index contributed by atoms with van der Waals surface area (Å²) in [5, 5.41) is 18.3. The molecule has 54 heavy (non-hydrogen) atoms. The number of unbranched alkanes of at least 4 members (excludes halogenated alkanes) is 26. The summed E-state index contributed by atoms with van der Waals surface area (Å²) < 4.78 is 32.7. The molecule has 0 aromatic rings. The fraction of sp³-hybridized carbons (Fsp3) is 0.907. The minimum atomic E-state index is -4.61. The number of hydrogen-bond donors (Lipinski definition) is 3. The van der Waals surface area contributed by atoms with Gasteiger partial charge in [0.1, 0.15) is 12.7 Å². The lowest BCUT2D eigenvalue weighted by molar-refractivity contribution is -0.161. The summed E-state index contributed by atoms with van der Waals surface area (Å²) in [6, 6.07) is 0. The first-order valence-electron chi connectivity index (χ1n) is 22.1. The number of carbonyl (C=O) groups excluding carboxylic acids is 2. The SMILES string of the molecule is CCCCCCCC/C=C\CCCCCCCC(=O)O[C@H](COC(=O)CCCCCCCCCCCCCCCCCC)COP(=O)(O)OC[C@@H](O)CO. The normalized spacial score (nSPS) is 13.9. The lowest BCUT2D eigenvalue weighted by Crippen LogP contribution is -2.29. The molecule has 0 aliphatic carbocycles. The molecule has 0 fully saturated rings. The maximum Gasteiger partial charge on any atom is 0.472 e. The summed E-state index contributed by atoms with van der Waals surface area (Å²) >= 11 is 0.